The van der Waals surface area contributed by atoms with E-state index in [-0.39, 0.29) is 11.8 Å². The zero-order valence-corrected chi connectivity index (χ0v) is 13.8. The molecule has 2 bridgehead atoms. The highest BCUT2D eigenvalue weighted by Gasteiger charge is 2.84. The van der Waals surface area contributed by atoms with Gasteiger partial charge in [-0.25, -0.2) is 0 Å². The minimum Gasteiger partial charge on any atom is -0.350 e. The molecule has 0 heterocycles. The van der Waals surface area contributed by atoms with E-state index in [4.69, 9.17) is 55.9 Å². The standard InChI is InChI=1S/C13H16Cl4O2/c1-18-13(19-2)11(16)7-5-3-4-6-8(7)12(13,17)10(15)9(11)14/h7-8H,3-6H2,1-2H3. The van der Waals surface area contributed by atoms with Crippen LogP contribution in [0, 0.1) is 11.8 Å². The number of alkyl halides is 2. The summed E-state index contributed by atoms with van der Waals surface area (Å²) in [6, 6.07) is 0. The summed E-state index contributed by atoms with van der Waals surface area (Å²) in [6.07, 6.45) is 4.18. The lowest BCUT2D eigenvalue weighted by Crippen LogP contribution is -2.57. The maximum absolute atomic E-state index is 6.92. The topological polar surface area (TPSA) is 18.5 Å². The molecule has 2 saturated carbocycles. The largest absolute Gasteiger partial charge is 0.350 e. The zero-order chi connectivity index (χ0) is 14.1. The molecule has 0 amide bonds. The Morgan fingerprint density at radius 1 is 0.895 bits per heavy atom. The van der Waals surface area contributed by atoms with Crippen molar-refractivity contribution in [3.05, 3.63) is 10.1 Å². The average Bonchev–Trinajstić information content (AvgIpc) is 2.69. The first kappa shape index (κ1) is 14.7. The fourth-order valence-corrected chi connectivity index (χ4v) is 6.74. The number of rotatable bonds is 2. The molecule has 3 aliphatic carbocycles. The Balaban J connectivity index is 2.27. The van der Waals surface area contributed by atoms with Gasteiger partial charge in [0.1, 0.15) is 9.75 Å². The molecule has 0 aromatic rings. The summed E-state index contributed by atoms with van der Waals surface area (Å²) in [5, 5.41) is 0.773. The summed E-state index contributed by atoms with van der Waals surface area (Å²) < 4.78 is 11.4. The van der Waals surface area contributed by atoms with Crippen molar-refractivity contribution >= 4 is 46.4 Å². The molecule has 0 spiro atoms. The summed E-state index contributed by atoms with van der Waals surface area (Å²) in [7, 11) is 3.10. The van der Waals surface area contributed by atoms with Crippen molar-refractivity contribution < 1.29 is 9.47 Å². The molecule has 3 rings (SSSR count). The van der Waals surface area contributed by atoms with Gasteiger partial charge in [-0.1, -0.05) is 36.0 Å². The van der Waals surface area contributed by atoms with E-state index in [9.17, 15) is 0 Å². The quantitative estimate of drug-likeness (QED) is 0.543. The van der Waals surface area contributed by atoms with E-state index in [1.807, 2.05) is 0 Å². The van der Waals surface area contributed by atoms with Crippen molar-refractivity contribution in [1.82, 2.24) is 0 Å². The molecule has 2 nitrogen and oxygen atoms in total. The van der Waals surface area contributed by atoms with Crippen molar-refractivity contribution in [1.29, 1.82) is 0 Å². The van der Waals surface area contributed by atoms with E-state index < -0.39 is 15.5 Å². The smallest absolute Gasteiger partial charge is 0.217 e. The van der Waals surface area contributed by atoms with Crippen LogP contribution in [0.5, 0.6) is 0 Å². The Bertz CT molecular complexity index is 412. The van der Waals surface area contributed by atoms with Gasteiger partial charge in [0, 0.05) is 14.2 Å². The maximum atomic E-state index is 6.92. The molecule has 3 aliphatic rings. The van der Waals surface area contributed by atoms with Crippen LogP contribution in [0.15, 0.2) is 10.1 Å². The van der Waals surface area contributed by atoms with Crippen molar-refractivity contribution in [2.45, 2.75) is 41.2 Å². The molecule has 0 radical (unpaired) electrons. The third kappa shape index (κ3) is 1.31. The van der Waals surface area contributed by atoms with Crippen LogP contribution in [-0.4, -0.2) is 29.8 Å². The zero-order valence-electron chi connectivity index (χ0n) is 10.8. The molecule has 6 heteroatoms. The van der Waals surface area contributed by atoms with Crippen LogP contribution in [0.25, 0.3) is 0 Å². The Morgan fingerprint density at radius 2 is 1.26 bits per heavy atom. The van der Waals surface area contributed by atoms with E-state index in [1.54, 1.807) is 14.2 Å². The van der Waals surface area contributed by atoms with Gasteiger partial charge in [0.2, 0.25) is 5.79 Å². The van der Waals surface area contributed by atoms with Gasteiger partial charge in [-0.15, -0.1) is 23.2 Å². The minimum atomic E-state index is -1.20. The van der Waals surface area contributed by atoms with Gasteiger partial charge in [0.15, 0.2) is 0 Å². The van der Waals surface area contributed by atoms with Crippen molar-refractivity contribution in [3.8, 4) is 0 Å². The van der Waals surface area contributed by atoms with E-state index in [0.29, 0.717) is 10.1 Å². The lowest BCUT2D eigenvalue weighted by atomic mass is 9.73. The highest BCUT2D eigenvalue weighted by molar-refractivity contribution is 6.52. The SMILES string of the molecule is COC1(OC)C2(Cl)C(Cl)=C(Cl)C1(Cl)C1CCCCC12. The molecule has 108 valence electrons. The van der Waals surface area contributed by atoms with Crippen molar-refractivity contribution in [2.75, 3.05) is 14.2 Å². The number of hydrogen-bond donors (Lipinski definition) is 0. The molecule has 4 unspecified atom stereocenters. The van der Waals surface area contributed by atoms with Crippen LogP contribution in [0.3, 0.4) is 0 Å². The second kappa shape index (κ2) is 4.41. The van der Waals surface area contributed by atoms with Gasteiger partial charge in [0.05, 0.1) is 10.1 Å². The lowest BCUT2D eigenvalue weighted by Gasteiger charge is -2.41. The Hall–Kier alpha value is 0.820. The molecular formula is C13H16Cl4O2. The summed E-state index contributed by atoms with van der Waals surface area (Å²) in [4.78, 5) is -1.97. The molecule has 0 aromatic carbocycles. The number of halogens is 4. The summed E-state index contributed by atoms with van der Waals surface area (Å²) in [5.41, 5.74) is 0. The second-order valence-corrected chi connectivity index (χ2v) is 7.52. The van der Waals surface area contributed by atoms with Gasteiger partial charge in [0.25, 0.3) is 0 Å². The van der Waals surface area contributed by atoms with Crippen LogP contribution < -0.4 is 0 Å². The molecule has 0 aliphatic heterocycles. The number of hydrogen-bond acceptors (Lipinski definition) is 2. The molecule has 0 aromatic heterocycles. The van der Waals surface area contributed by atoms with Gasteiger partial charge >= 0.3 is 0 Å². The fourth-order valence-electron chi connectivity index (χ4n) is 4.45. The van der Waals surface area contributed by atoms with Gasteiger partial charge in [-0.05, 0) is 24.7 Å². The fraction of sp³-hybridized carbons (Fsp3) is 0.846. The lowest BCUT2D eigenvalue weighted by molar-refractivity contribution is -0.220. The first-order chi connectivity index (χ1) is 8.91. The Labute approximate surface area is 133 Å². The van der Waals surface area contributed by atoms with E-state index >= 15 is 0 Å². The molecular weight excluding hydrogens is 330 g/mol. The molecule has 4 atom stereocenters. The van der Waals surface area contributed by atoms with E-state index in [0.717, 1.165) is 25.7 Å². The maximum Gasteiger partial charge on any atom is 0.217 e. The van der Waals surface area contributed by atoms with Gasteiger partial charge in [-0.3, -0.25) is 0 Å². The summed E-state index contributed by atoms with van der Waals surface area (Å²) in [5.74, 6) is -0.928. The highest BCUT2D eigenvalue weighted by atomic mass is 35.5. The summed E-state index contributed by atoms with van der Waals surface area (Å²) in [6.45, 7) is 0. The van der Waals surface area contributed by atoms with Gasteiger partial charge < -0.3 is 9.47 Å². The predicted octanol–water partition coefficient (Wildman–Crippen LogP) is 4.45. The van der Waals surface area contributed by atoms with Gasteiger partial charge in [-0.2, -0.15) is 0 Å². The normalized spacial score (nSPS) is 47.7. The summed E-state index contributed by atoms with van der Waals surface area (Å²) >= 11 is 26.7. The third-order valence-corrected chi connectivity index (χ3v) is 7.85. The van der Waals surface area contributed by atoms with Crippen LogP contribution in [0.2, 0.25) is 0 Å². The van der Waals surface area contributed by atoms with Crippen LogP contribution in [0.4, 0.5) is 0 Å². The molecule has 0 N–H and O–H groups in total. The van der Waals surface area contributed by atoms with Crippen LogP contribution in [-0.2, 0) is 9.47 Å². The monoisotopic (exact) mass is 344 g/mol. The Kier molecular flexibility index (Phi) is 3.42. The predicted molar refractivity (Wildman–Crippen MR) is 78.1 cm³/mol. The third-order valence-electron chi connectivity index (χ3n) is 5.15. The number of ether oxygens (including phenoxy) is 2. The van der Waals surface area contributed by atoms with Crippen molar-refractivity contribution in [3.63, 3.8) is 0 Å². The molecule has 0 saturated heterocycles. The first-order valence-electron chi connectivity index (χ1n) is 6.46. The minimum absolute atomic E-state index is 0.135. The second-order valence-electron chi connectivity index (χ2n) is 5.57. The molecule has 19 heavy (non-hydrogen) atoms. The van der Waals surface area contributed by atoms with Crippen LogP contribution >= 0.6 is 46.4 Å². The molecule has 2 fully saturated rings. The van der Waals surface area contributed by atoms with E-state index in [1.165, 1.54) is 0 Å². The number of methoxy groups -OCH3 is 2. The van der Waals surface area contributed by atoms with Crippen molar-refractivity contribution in [2.24, 2.45) is 11.8 Å². The van der Waals surface area contributed by atoms with E-state index in [2.05, 4.69) is 0 Å². The van der Waals surface area contributed by atoms with Crippen LogP contribution in [0.1, 0.15) is 25.7 Å². The average molecular weight is 346 g/mol. The first-order valence-corrected chi connectivity index (χ1v) is 7.97. The Morgan fingerprint density at radius 3 is 1.58 bits per heavy atom. The number of fused-ring (bicyclic) bond motifs is 5. The highest BCUT2D eigenvalue weighted by Crippen LogP contribution is 2.75.